The Balaban J connectivity index is 2.25. The van der Waals surface area contributed by atoms with Gasteiger partial charge in [-0.3, -0.25) is 0 Å². The minimum atomic E-state index is 0.495. The Bertz CT molecular complexity index is 531. The molecule has 0 saturated carbocycles. The van der Waals surface area contributed by atoms with Crippen molar-refractivity contribution in [1.82, 2.24) is 9.97 Å². The molecule has 4 nitrogen and oxygen atoms in total. The molecule has 2 aromatic rings. The van der Waals surface area contributed by atoms with Crippen molar-refractivity contribution in [3.63, 3.8) is 0 Å². The monoisotopic (exact) mass is 249 g/mol. The first kappa shape index (κ1) is 11.7. The Labute approximate surface area is 105 Å². The molecule has 0 saturated heterocycles. The van der Waals surface area contributed by atoms with E-state index in [4.69, 9.17) is 16.3 Å². The van der Waals surface area contributed by atoms with Gasteiger partial charge in [-0.2, -0.15) is 4.98 Å². The van der Waals surface area contributed by atoms with Gasteiger partial charge in [0.2, 0.25) is 11.8 Å². The second-order valence-corrected chi connectivity index (χ2v) is 3.92. The van der Waals surface area contributed by atoms with Crippen LogP contribution in [-0.2, 0) is 0 Å². The lowest BCUT2D eigenvalue weighted by atomic mass is 10.2. The molecule has 0 spiro atoms. The molecule has 1 aromatic carbocycles. The highest BCUT2D eigenvalue weighted by Crippen LogP contribution is 2.26. The van der Waals surface area contributed by atoms with Crippen LogP contribution in [0.3, 0.4) is 0 Å². The molecule has 0 atom stereocenters. The van der Waals surface area contributed by atoms with Crippen LogP contribution in [0, 0.1) is 6.92 Å². The number of hydrogen-bond donors (Lipinski definition) is 1. The fourth-order valence-electron chi connectivity index (χ4n) is 1.36. The van der Waals surface area contributed by atoms with E-state index in [1.54, 1.807) is 25.4 Å². The van der Waals surface area contributed by atoms with E-state index in [9.17, 15) is 0 Å². The Morgan fingerprint density at radius 1 is 1.29 bits per heavy atom. The van der Waals surface area contributed by atoms with Gasteiger partial charge in [0.15, 0.2) is 0 Å². The molecule has 0 unspecified atom stereocenters. The van der Waals surface area contributed by atoms with Gasteiger partial charge in [0, 0.05) is 24.3 Å². The average Bonchev–Trinajstić information content (AvgIpc) is 2.33. The van der Waals surface area contributed by atoms with Gasteiger partial charge in [-0.25, -0.2) is 4.98 Å². The maximum Gasteiger partial charge on any atom is 0.225 e. The van der Waals surface area contributed by atoms with Crippen molar-refractivity contribution < 1.29 is 4.74 Å². The molecule has 0 amide bonds. The summed E-state index contributed by atoms with van der Waals surface area (Å²) < 4.78 is 5.66. The van der Waals surface area contributed by atoms with Crippen LogP contribution in [0.15, 0.2) is 30.5 Å². The molecule has 0 radical (unpaired) electrons. The Kier molecular flexibility index (Phi) is 3.44. The number of benzene rings is 1. The van der Waals surface area contributed by atoms with Gasteiger partial charge >= 0.3 is 0 Å². The van der Waals surface area contributed by atoms with Crippen molar-refractivity contribution in [1.29, 1.82) is 0 Å². The smallest absolute Gasteiger partial charge is 0.225 e. The lowest BCUT2D eigenvalue weighted by Crippen LogP contribution is -1.97. The normalized spacial score (nSPS) is 10.1. The first-order valence-corrected chi connectivity index (χ1v) is 5.51. The number of ether oxygens (including phenoxy) is 1. The van der Waals surface area contributed by atoms with E-state index in [1.165, 1.54) is 0 Å². The van der Waals surface area contributed by atoms with Gasteiger partial charge in [0.05, 0.1) is 0 Å². The molecular formula is C12H12ClN3O. The number of anilines is 1. The van der Waals surface area contributed by atoms with Crippen LogP contribution < -0.4 is 10.1 Å². The topological polar surface area (TPSA) is 47.0 Å². The zero-order valence-electron chi connectivity index (χ0n) is 9.57. The van der Waals surface area contributed by atoms with Crippen LogP contribution in [0.4, 0.5) is 5.95 Å². The van der Waals surface area contributed by atoms with E-state index in [-0.39, 0.29) is 0 Å². The molecule has 2 rings (SSSR count). The molecule has 0 aliphatic heterocycles. The van der Waals surface area contributed by atoms with E-state index in [0.717, 1.165) is 11.3 Å². The van der Waals surface area contributed by atoms with Gasteiger partial charge in [-0.15, -0.1) is 0 Å². The lowest BCUT2D eigenvalue weighted by Gasteiger charge is -2.08. The predicted molar refractivity (Wildman–Crippen MR) is 67.8 cm³/mol. The molecule has 17 heavy (non-hydrogen) atoms. The van der Waals surface area contributed by atoms with Gasteiger partial charge < -0.3 is 10.1 Å². The van der Waals surface area contributed by atoms with Gasteiger partial charge in [-0.05, 0) is 30.7 Å². The third-order valence-electron chi connectivity index (χ3n) is 2.21. The molecule has 1 aromatic heterocycles. The van der Waals surface area contributed by atoms with E-state index >= 15 is 0 Å². The molecule has 0 aliphatic carbocycles. The number of aromatic nitrogens is 2. The van der Waals surface area contributed by atoms with Crippen LogP contribution in [0.1, 0.15) is 5.56 Å². The zero-order valence-corrected chi connectivity index (χ0v) is 10.3. The number of nitrogens with one attached hydrogen (secondary N) is 1. The number of nitrogens with zero attached hydrogens (tertiary/aromatic N) is 2. The molecule has 0 bridgehead atoms. The molecule has 1 heterocycles. The minimum Gasteiger partial charge on any atom is -0.439 e. The summed E-state index contributed by atoms with van der Waals surface area (Å²) in [5.74, 6) is 1.75. The molecule has 5 heteroatoms. The first-order valence-electron chi connectivity index (χ1n) is 5.14. The van der Waals surface area contributed by atoms with Crippen molar-refractivity contribution in [2.45, 2.75) is 6.92 Å². The van der Waals surface area contributed by atoms with E-state index in [0.29, 0.717) is 16.9 Å². The largest absolute Gasteiger partial charge is 0.439 e. The molecule has 88 valence electrons. The van der Waals surface area contributed by atoms with Gasteiger partial charge in [0.25, 0.3) is 0 Å². The zero-order chi connectivity index (χ0) is 12.3. The average molecular weight is 250 g/mol. The van der Waals surface area contributed by atoms with Crippen molar-refractivity contribution in [2.75, 3.05) is 12.4 Å². The van der Waals surface area contributed by atoms with Gasteiger partial charge in [-0.1, -0.05) is 11.6 Å². The highest BCUT2D eigenvalue weighted by atomic mass is 35.5. The maximum atomic E-state index is 5.88. The summed E-state index contributed by atoms with van der Waals surface area (Å²) in [4.78, 5) is 8.19. The number of aryl methyl sites for hydroxylation is 1. The minimum absolute atomic E-state index is 0.495. The van der Waals surface area contributed by atoms with Crippen molar-refractivity contribution in [2.24, 2.45) is 0 Å². The summed E-state index contributed by atoms with van der Waals surface area (Å²) >= 11 is 5.88. The molecule has 0 fully saturated rings. The maximum absolute atomic E-state index is 5.88. The summed E-state index contributed by atoms with van der Waals surface area (Å²) in [6, 6.07) is 7.15. The summed E-state index contributed by atoms with van der Waals surface area (Å²) in [6.07, 6.45) is 1.64. The van der Waals surface area contributed by atoms with Crippen molar-refractivity contribution >= 4 is 17.5 Å². The standard InChI is InChI=1S/C12H12ClN3O/c1-8-7-9(13)3-4-10(8)17-11-5-6-15-12(14-2)16-11/h3-7H,1-2H3,(H,14,15,16). The fraction of sp³-hybridized carbons (Fsp3) is 0.167. The highest BCUT2D eigenvalue weighted by Gasteiger charge is 2.04. The Morgan fingerprint density at radius 2 is 2.12 bits per heavy atom. The summed E-state index contributed by atoms with van der Waals surface area (Å²) in [5.41, 5.74) is 0.960. The fourth-order valence-corrected chi connectivity index (χ4v) is 1.59. The molecule has 1 N–H and O–H groups in total. The van der Waals surface area contributed by atoms with Crippen LogP contribution in [0.25, 0.3) is 0 Å². The second-order valence-electron chi connectivity index (χ2n) is 3.48. The summed E-state index contributed by atoms with van der Waals surface area (Å²) in [5, 5.41) is 3.54. The Morgan fingerprint density at radius 3 is 2.82 bits per heavy atom. The van der Waals surface area contributed by atoms with Crippen LogP contribution in [0.2, 0.25) is 5.02 Å². The SMILES string of the molecule is CNc1nccc(Oc2ccc(Cl)cc2C)n1. The number of halogens is 1. The van der Waals surface area contributed by atoms with E-state index in [1.807, 2.05) is 19.1 Å². The molecule has 0 aliphatic rings. The summed E-state index contributed by atoms with van der Waals surface area (Å²) in [7, 11) is 1.76. The third kappa shape index (κ3) is 2.85. The summed E-state index contributed by atoms with van der Waals surface area (Å²) in [6.45, 7) is 1.93. The van der Waals surface area contributed by atoms with Gasteiger partial charge in [0.1, 0.15) is 5.75 Å². The molecular weight excluding hydrogens is 238 g/mol. The van der Waals surface area contributed by atoms with Crippen molar-refractivity contribution in [3.8, 4) is 11.6 Å². The van der Waals surface area contributed by atoms with E-state index < -0.39 is 0 Å². The third-order valence-corrected chi connectivity index (χ3v) is 2.44. The van der Waals surface area contributed by atoms with Crippen LogP contribution in [0.5, 0.6) is 11.6 Å². The lowest BCUT2D eigenvalue weighted by molar-refractivity contribution is 0.459. The predicted octanol–water partition coefficient (Wildman–Crippen LogP) is 3.27. The number of hydrogen-bond acceptors (Lipinski definition) is 4. The van der Waals surface area contributed by atoms with E-state index in [2.05, 4.69) is 15.3 Å². The second kappa shape index (κ2) is 5.01. The van der Waals surface area contributed by atoms with Crippen LogP contribution in [-0.4, -0.2) is 17.0 Å². The quantitative estimate of drug-likeness (QED) is 0.907. The first-order chi connectivity index (χ1) is 8.19. The Hall–Kier alpha value is -1.81. The van der Waals surface area contributed by atoms with Crippen LogP contribution >= 0.6 is 11.6 Å². The number of rotatable bonds is 3. The highest BCUT2D eigenvalue weighted by molar-refractivity contribution is 6.30. The van der Waals surface area contributed by atoms with Crippen molar-refractivity contribution in [3.05, 3.63) is 41.0 Å².